The van der Waals surface area contributed by atoms with Gasteiger partial charge in [0.1, 0.15) is 5.75 Å². The third kappa shape index (κ3) is 6.43. The van der Waals surface area contributed by atoms with Crippen molar-refractivity contribution in [2.75, 3.05) is 19.1 Å². The van der Waals surface area contributed by atoms with E-state index in [-0.39, 0.29) is 23.8 Å². The van der Waals surface area contributed by atoms with Crippen LogP contribution in [-0.4, -0.2) is 31.0 Å². The number of unbranched alkanes of at least 4 members (excludes halogenated alkanes) is 1. The van der Waals surface area contributed by atoms with E-state index >= 15 is 0 Å². The lowest BCUT2D eigenvalue weighted by Gasteiger charge is -2.08. The van der Waals surface area contributed by atoms with Crippen molar-refractivity contribution in [1.82, 2.24) is 0 Å². The summed E-state index contributed by atoms with van der Waals surface area (Å²) in [7, 11) is 0. The van der Waals surface area contributed by atoms with Crippen LogP contribution in [0.1, 0.15) is 29.6 Å². The van der Waals surface area contributed by atoms with Gasteiger partial charge >= 0.3 is 5.97 Å². The molecule has 0 atom stereocenters. The first-order valence-electron chi connectivity index (χ1n) is 6.29. The van der Waals surface area contributed by atoms with E-state index in [4.69, 9.17) is 21.1 Å². The van der Waals surface area contributed by atoms with E-state index in [9.17, 15) is 14.7 Å². The Hall–Kier alpha value is -1.75. The van der Waals surface area contributed by atoms with Crippen LogP contribution in [0.5, 0.6) is 5.75 Å². The van der Waals surface area contributed by atoms with Gasteiger partial charge in [0, 0.05) is 5.88 Å². The molecule has 0 bridgehead atoms. The highest BCUT2D eigenvalue weighted by molar-refractivity contribution is 6.18. The Labute approximate surface area is 122 Å². The Morgan fingerprint density at radius 3 is 2.35 bits per heavy atom. The number of carbonyl (C=O) groups is 2. The van der Waals surface area contributed by atoms with Gasteiger partial charge in [-0.1, -0.05) is 0 Å². The summed E-state index contributed by atoms with van der Waals surface area (Å²) in [4.78, 5) is 21.5. The molecule has 20 heavy (non-hydrogen) atoms. The number of esters is 1. The highest BCUT2D eigenvalue weighted by Gasteiger charge is 2.01. The molecular weight excluding hydrogens is 284 g/mol. The molecule has 1 aromatic rings. The number of halogens is 1. The zero-order valence-electron chi connectivity index (χ0n) is 11.0. The monoisotopic (exact) mass is 299 g/mol. The lowest BCUT2D eigenvalue weighted by atomic mass is 10.2. The summed E-state index contributed by atoms with van der Waals surface area (Å²) in [5, 5.41) is 10.5. The molecule has 1 aromatic carbocycles. The molecule has 5 nitrogen and oxygen atoms in total. The topological polar surface area (TPSA) is 75.7 Å². The minimum absolute atomic E-state index is 0.114. The fraction of sp³-hybridized carbons (Fsp3) is 0.429. The largest absolute Gasteiger partial charge is 0.545 e. The first-order chi connectivity index (χ1) is 9.63. The Bertz CT molecular complexity index is 430. The average Bonchev–Trinajstić information content (AvgIpc) is 2.43. The van der Waals surface area contributed by atoms with Crippen LogP contribution in [-0.2, 0) is 9.53 Å². The number of hydrogen-bond donors (Lipinski definition) is 0. The number of hydrogen-bond acceptors (Lipinski definition) is 5. The van der Waals surface area contributed by atoms with Crippen LogP contribution in [0.2, 0.25) is 0 Å². The molecule has 1 rings (SSSR count). The van der Waals surface area contributed by atoms with Crippen molar-refractivity contribution in [1.29, 1.82) is 0 Å². The van der Waals surface area contributed by atoms with E-state index in [0.717, 1.165) is 6.42 Å². The van der Waals surface area contributed by atoms with Gasteiger partial charge in [-0.2, -0.15) is 0 Å². The molecule has 0 heterocycles. The van der Waals surface area contributed by atoms with Crippen LogP contribution in [0.4, 0.5) is 0 Å². The minimum Gasteiger partial charge on any atom is -0.545 e. The van der Waals surface area contributed by atoms with Gasteiger partial charge in [-0.25, -0.2) is 0 Å². The predicted molar refractivity (Wildman–Crippen MR) is 71.8 cm³/mol. The fourth-order valence-electron chi connectivity index (χ4n) is 1.42. The second-order valence-electron chi connectivity index (χ2n) is 4.03. The molecule has 0 aliphatic carbocycles. The van der Waals surface area contributed by atoms with Crippen molar-refractivity contribution in [2.45, 2.75) is 19.3 Å². The molecule has 0 unspecified atom stereocenters. The third-order valence-corrected chi connectivity index (χ3v) is 2.65. The van der Waals surface area contributed by atoms with Gasteiger partial charge in [0.2, 0.25) is 0 Å². The maximum atomic E-state index is 11.0. The number of carbonyl (C=O) groups excluding carboxylic acids is 2. The van der Waals surface area contributed by atoms with Crippen LogP contribution >= 0.6 is 11.6 Å². The second-order valence-corrected chi connectivity index (χ2v) is 4.40. The molecule has 0 fully saturated rings. The van der Waals surface area contributed by atoms with Gasteiger partial charge in [0.15, 0.2) is 0 Å². The zero-order valence-corrected chi connectivity index (χ0v) is 11.7. The summed E-state index contributed by atoms with van der Waals surface area (Å²) >= 11 is 5.40. The summed E-state index contributed by atoms with van der Waals surface area (Å²) in [6.07, 6.45) is 1.66. The fourth-order valence-corrected chi connectivity index (χ4v) is 1.57. The van der Waals surface area contributed by atoms with E-state index in [1.165, 1.54) is 12.1 Å². The molecule has 0 saturated carbocycles. The van der Waals surface area contributed by atoms with Gasteiger partial charge in [-0.15, -0.1) is 11.6 Å². The molecule has 6 heteroatoms. The molecule has 0 spiro atoms. The highest BCUT2D eigenvalue weighted by Crippen LogP contribution is 2.12. The van der Waals surface area contributed by atoms with E-state index < -0.39 is 5.97 Å². The third-order valence-electron chi connectivity index (χ3n) is 2.46. The van der Waals surface area contributed by atoms with Gasteiger partial charge in [-0.05, 0) is 42.7 Å². The number of carboxylic acids is 1. The van der Waals surface area contributed by atoms with Gasteiger partial charge < -0.3 is 19.4 Å². The second kappa shape index (κ2) is 9.20. The predicted octanol–water partition coefficient (Wildman–Crippen LogP) is 1.38. The molecule has 0 aromatic heterocycles. The van der Waals surface area contributed by atoms with Crippen molar-refractivity contribution in [3.63, 3.8) is 0 Å². The van der Waals surface area contributed by atoms with E-state index in [1.54, 1.807) is 12.1 Å². The van der Waals surface area contributed by atoms with Gasteiger partial charge in [-0.3, -0.25) is 4.79 Å². The van der Waals surface area contributed by atoms with Crippen molar-refractivity contribution in [3.05, 3.63) is 29.8 Å². The van der Waals surface area contributed by atoms with Gasteiger partial charge in [0.25, 0.3) is 0 Å². The molecule has 110 valence electrons. The van der Waals surface area contributed by atoms with Crippen LogP contribution in [0, 0.1) is 0 Å². The quantitative estimate of drug-likeness (QED) is 0.391. The van der Waals surface area contributed by atoms with E-state index in [2.05, 4.69) is 0 Å². The molecule has 0 amide bonds. The Morgan fingerprint density at radius 2 is 1.75 bits per heavy atom. The summed E-state index contributed by atoms with van der Waals surface area (Å²) in [5.41, 5.74) is 0.114. The van der Waals surface area contributed by atoms with Crippen molar-refractivity contribution in [3.8, 4) is 5.75 Å². The number of ether oxygens (including phenoxy) is 2. The Kier molecular flexibility index (Phi) is 7.50. The Balaban J connectivity index is 2.12. The summed E-state index contributed by atoms with van der Waals surface area (Å²) < 4.78 is 10.3. The van der Waals surface area contributed by atoms with Crippen molar-refractivity contribution < 1.29 is 24.2 Å². The van der Waals surface area contributed by atoms with E-state index in [0.29, 0.717) is 25.4 Å². The first-order valence-corrected chi connectivity index (χ1v) is 6.82. The molecule has 0 radical (unpaired) electrons. The smallest absolute Gasteiger partial charge is 0.306 e. The molecule has 0 aliphatic rings. The van der Waals surface area contributed by atoms with Crippen LogP contribution in [0.25, 0.3) is 0 Å². The van der Waals surface area contributed by atoms with Crippen LogP contribution < -0.4 is 9.84 Å². The van der Waals surface area contributed by atoms with Crippen molar-refractivity contribution in [2.24, 2.45) is 0 Å². The molecule has 0 saturated heterocycles. The molecular formula is C14H16ClO5-. The maximum absolute atomic E-state index is 11.0. The highest BCUT2D eigenvalue weighted by atomic mass is 35.5. The number of aromatic carboxylic acids is 1. The SMILES string of the molecule is O=C(CCCl)OCCCCOc1ccc(C(=O)[O-])cc1. The van der Waals surface area contributed by atoms with Gasteiger partial charge in [0.05, 0.1) is 25.6 Å². The number of benzene rings is 1. The number of alkyl halides is 1. The standard InChI is InChI=1S/C14H17ClO5/c15-8-7-13(16)20-10-2-1-9-19-12-5-3-11(4-6-12)14(17)18/h3-6H,1-2,7-10H2,(H,17,18)/p-1. The van der Waals surface area contributed by atoms with Crippen LogP contribution in [0.15, 0.2) is 24.3 Å². The normalized spacial score (nSPS) is 10.1. The summed E-state index contributed by atoms with van der Waals surface area (Å²) in [6.45, 7) is 0.820. The van der Waals surface area contributed by atoms with E-state index in [1.807, 2.05) is 0 Å². The average molecular weight is 300 g/mol. The Morgan fingerprint density at radius 1 is 1.10 bits per heavy atom. The number of carboxylic acid groups (broad SMARTS) is 1. The minimum atomic E-state index is -1.21. The zero-order chi connectivity index (χ0) is 14.8. The van der Waals surface area contributed by atoms with Crippen LogP contribution in [0.3, 0.4) is 0 Å². The maximum Gasteiger partial charge on any atom is 0.306 e. The lowest BCUT2D eigenvalue weighted by Crippen LogP contribution is -2.21. The lowest BCUT2D eigenvalue weighted by molar-refractivity contribution is -0.255. The first kappa shape index (κ1) is 16.3. The summed E-state index contributed by atoms with van der Waals surface area (Å²) in [5.74, 6) is -0.646. The number of rotatable bonds is 9. The van der Waals surface area contributed by atoms with Crippen molar-refractivity contribution >= 4 is 23.5 Å². The molecule has 0 N–H and O–H groups in total. The summed E-state index contributed by atoms with van der Waals surface area (Å²) in [6, 6.07) is 6.01. The molecule has 0 aliphatic heterocycles.